The van der Waals surface area contributed by atoms with Gasteiger partial charge < -0.3 is 9.53 Å². The van der Waals surface area contributed by atoms with Gasteiger partial charge in [-0.3, -0.25) is 4.79 Å². The first-order valence-electron chi connectivity index (χ1n) is 13.4. The fraction of sp³-hybridized carbons (Fsp3) is 0.406. The van der Waals surface area contributed by atoms with Crippen molar-refractivity contribution in [3.8, 4) is 0 Å². The molecule has 3 aromatic carbocycles. The average Bonchev–Trinajstić information content (AvgIpc) is 3.24. The van der Waals surface area contributed by atoms with E-state index in [1.807, 2.05) is 36.4 Å². The van der Waals surface area contributed by atoms with Gasteiger partial charge in [-0.05, 0) is 29.8 Å². The standard InChI is InChI=1S/C14H22OSi.C11H14O.C7H6O.2Li/c1-4-6-10-13-12-9-7-8-11-14(12)16(3,5-2)15-13;1-2-3-9-11(12)10-7-5-4-6-8-10;8-6-7-4-2-1-3-5-7;;/h7-9,11,13H,4-6,10H2,1-3H3;4-7,11H,2-3,9H2,1H3;1-6H;;/q;-2;;2*+1. The van der Waals surface area contributed by atoms with Gasteiger partial charge in [-0.1, -0.05) is 107 Å². The smallest absolute Gasteiger partial charge is 0.850 e. The molecule has 3 unspecified atom stereocenters. The van der Waals surface area contributed by atoms with Crippen molar-refractivity contribution >= 4 is 19.8 Å². The quantitative estimate of drug-likeness (QED) is 0.245. The summed E-state index contributed by atoms with van der Waals surface area (Å²) in [5, 5.41) is 13.0. The molecule has 1 heterocycles. The third-order valence-electron chi connectivity index (χ3n) is 6.61. The summed E-state index contributed by atoms with van der Waals surface area (Å²) in [6, 6.07) is 29.5. The number of rotatable bonds is 9. The maximum Gasteiger partial charge on any atom is 1.00 e. The van der Waals surface area contributed by atoms with Crippen LogP contribution in [0.1, 0.15) is 93.0 Å². The Morgan fingerprint density at radius 2 is 1.55 bits per heavy atom. The van der Waals surface area contributed by atoms with Crippen LogP contribution < -0.4 is 48.0 Å². The first-order valence-corrected chi connectivity index (χ1v) is 16.0. The zero-order chi connectivity index (χ0) is 26.2. The molecule has 0 aliphatic carbocycles. The SMILES string of the molecule is CCCCC([O-])c1[c-]cccc1.CCCCC1O[Si](C)(CC)c2ccccc21.O=Cc1ccccc1.[Li+].[Li+]. The molecule has 0 radical (unpaired) electrons. The molecule has 4 rings (SSSR count). The molecule has 0 aromatic heterocycles. The van der Waals surface area contributed by atoms with E-state index in [2.05, 4.69) is 57.7 Å². The second-order valence-corrected chi connectivity index (χ2v) is 13.3. The second-order valence-electron chi connectivity index (χ2n) is 9.40. The number of fused-ring (bicyclic) bond motifs is 1. The summed E-state index contributed by atoms with van der Waals surface area (Å²) in [6.07, 6.45) is 7.19. The van der Waals surface area contributed by atoms with Crippen LogP contribution in [0.2, 0.25) is 12.6 Å². The van der Waals surface area contributed by atoms with Crippen LogP contribution in [-0.4, -0.2) is 14.6 Å². The first kappa shape index (κ1) is 36.7. The molecular formula is C32H42Li2O3Si. The van der Waals surface area contributed by atoms with Crippen LogP contribution in [0, 0.1) is 6.07 Å². The van der Waals surface area contributed by atoms with E-state index in [0.717, 1.165) is 36.7 Å². The van der Waals surface area contributed by atoms with E-state index < -0.39 is 14.4 Å². The summed E-state index contributed by atoms with van der Waals surface area (Å²) in [5.41, 5.74) is 3.01. The molecule has 0 bridgehead atoms. The van der Waals surface area contributed by atoms with Crippen LogP contribution in [0.5, 0.6) is 0 Å². The van der Waals surface area contributed by atoms with Crippen LogP contribution in [0.15, 0.2) is 78.9 Å². The van der Waals surface area contributed by atoms with Gasteiger partial charge in [0, 0.05) is 5.56 Å². The van der Waals surface area contributed by atoms with Crippen molar-refractivity contribution in [3.63, 3.8) is 0 Å². The predicted molar refractivity (Wildman–Crippen MR) is 151 cm³/mol. The topological polar surface area (TPSA) is 49.4 Å². The zero-order valence-electron chi connectivity index (χ0n) is 24.4. The monoisotopic (exact) mass is 516 g/mol. The summed E-state index contributed by atoms with van der Waals surface area (Å²) in [7, 11) is -1.59. The molecule has 3 atom stereocenters. The number of unbranched alkanes of at least 4 members (excludes halogenated alkanes) is 2. The van der Waals surface area contributed by atoms with E-state index in [0.29, 0.717) is 6.10 Å². The predicted octanol–water partition coefficient (Wildman–Crippen LogP) is 1.34. The molecule has 3 nitrogen and oxygen atoms in total. The molecule has 0 fully saturated rings. The van der Waals surface area contributed by atoms with E-state index >= 15 is 0 Å². The molecule has 0 saturated carbocycles. The molecule has 0 spiro atoms. The van der Waals surface area contributed by atoms with Gasteiger partial charge in [0.15, 0.2) is 0 Å². The Morgan fingerprint density at radius 3 is 2.11 bits per heavy atom. The van der Waals surface area contributed by atoms with Crippen LogP contribution in [0.4, 0.5) is 0 Å². The first-order chi connectivity index (χ1) is 17.5. The second kappa shape index (κ2) is 20.5. The van der Waals surface area contributed by atoms with Gasteiger partial charge in [-0.15, -0.1) is 6.10 Å². The van der Waals surface area contributed by atoms with E-state index in [4.69, 9.17) is 4.43 Å². The Balaban J connectivity index is 0.000000555. The number of hydrogen-bond acceptors (Lipinski definition) is 3. The molecule has 1 aliphatic heterocycles. The van der Waals surface area contributed by atoms with Crippen molar-refractivity contribution in [1.82, 2.24) is 0 Å². The molecule has 6 heteroatoms. The Bertz CT molecular complexity index is 1000. The molecule has 38 heavy (non-hydrogen) atoms. The Kier molecular flexibility index (Phi) is 19.8. The van der Waals surface area contributed by atoms with Crippen LogP contribution in [-0.2, 0) is 4.43 Å². The normalized spacial score (nSPS) is 17.7. The van der Waals surface area contributed by atoms with Crippen molar-refractivity contribution < 1.29 is 52.0 Å². The molecule has 0 N–H and O–H groups in total. The van der Waals surface area contributed by atoms with E-state index in [9.17, 15) is 9.90 Å². The molecule has 0 amide bonds. The van der Waals surface area contributed by atoms with E-state index in [1.54, 1.807) is 23.4 Å². The summed E-state index contributed by atoms with van der Waals surface area (Å²) in [5.74, 6) is 0. The maximum atomic E-state index is 11.5. The fourth-order valence-electron chi connectivity index (χ4n) is 4.26. The van der Waals surface area contributed by atoms with Gasteiger partial charge >= 0.3 is 37.7 Å². The van der Waals surface area contributed by atoms with Gasteiger partial charge in [0.25, 0.3) is 0 Å². The van der Waals surface area contributed by atoms with Crippen molar-refractivity contribution in [2.24, 2.45) is 0 Å². The van der Waals surface area contributed by atoms with Gasteiger partial charge in [0.1, 0.15) is 6.29 Å². The molecule has 1 aliphatic rings. The largest absolute Gasteiger partial charge is 1.00 e. The summed E-state index contributed by atoms with van der Waals surface area (Å²) >= 11 is 0. The number of carbonyl (C=O) groups excluding carboxylic acids is 1. The van der Waals surface area contributed by atoms with Crippen LogP contribution in [0.25, 0.3) is 0 Å². The molecule has 3 aromatic rings. The minimum Gasteiger partial charge on any atom is -0.850 e. The van der Waals surface area contributed by atoms with Gasteiger partial charge in [-0.2, -0.15) is 35.9 Å². The van der Waals surface area contributed by atoms with Crippen molar-refractivity contribution in [1.29, 1.82) is 0 Å². The number of benzene rings is 3. The molecular weight excluding hydrogens is 474 g/mol. The Hall–Kier alpha value is -1.34. The number of aldehydes is 1. The van der Waals surface area contributed by atoms with Gasteiger partial charge in [0.05, 0.1) is 6.10 Å². The van der Waals surface area contributed by atoms with Crippen molar-refractivity contribution in [3.05, 3.63) is 102 Å². The number of carbonyl (C=O) groups is 1. The fourth-order valence-corrected chi connectivity index (χ4v) is 7.11. The van der Waals surface area contributed by atoms with Crippen molar-refractivity contribution in [2.45, 2.75) is 84.1 Å². The summed E-state index contributed by atoms with van der Waals surface area (Å²) in [4.78, 5) is 10.0. The Labute approximate surface area is 256 Å². The minimum atomic E-state index is -1.59. The third-order valence-corrected chi connectivity index (χ3v) is 10.4. The summed E-state index contributed by atoms with van der Waals surface area (Å²) in [6.45, 7) is 8.97. The Morgan fingerprint density at radius 1 is 0.921 bits per heavy atom. The van der Waals surface area contributed by atoms with Crippen LogP contribution >= 0.6 is 0 Å². The van der Waals surface area contributed by atoms with E-state index in [1.165, 1.54) is 30.9 Å². The average molecular weight is 517 g/mol. The van der Waals surface area contributed by atoms with Crippen LogP contribution in [0.3, 0.4) is 0 Å². The van der Waals surface area contributed by atoms with Crippen molar-refractivity contribution in [2.75, 3.05) is 0 Å². The maximum absolute atomic E-state index is 11.5. The molecule has 0 saturated heterocycles. The van der Waals surface area contributed by atoms with Gasteiger partial charge in [-0.25, -0.2) is 0 Å². The third kappa shape index (κ3) is 11.8. The zero-order valence-corrected chi connectivity index (χ0v) is 25.4. The number of hydrogen-bond donors (Lipinski definition) is 0. The minimum absolute atomic E-state index is 0. The van der Waals surface area contributed by atoms with Gasteiger partial charge in [0.2, 0.25) is 8.32 Å². The molecule has 194 valence electrons. The summed E-state index contributed by atoms with van der Waals surface area (Å²) < 4.78 is 6.41. The van der Waals surface area contributed by atoms with E-state index in [-0.39, 0.29) is 37.7 Å².